The van der Waals surface area contributed by atoms with E-state index in [-0.39, 0.29) is 0 Å². The number of rotatable bonds is 17. The van der Waals surface area contributed by atoms with E-state index in [9.17, 15) is 4.79 Å². The minimum atomic E-state index is 0.374. The Morgan fingerprint density at radius 1 is 0.880 bits per heavy atom. The second-order valence-electron chi connectivity index (χ2n) is 6.98. The molecule has 0 bridgehead atoms. The largest absolute Gasteiger partial charge is 0.287 e. The molecule has 0 spiro atoms. The van der Waals surface area contributed by atoms with E-state index in [1.165, 1.54) is 88.8 Å². The monoisotopic (exact) mass is 384 g/mol. The van der Waals surface area contributed by atoms with Crippen LogP contribution < -0.4 is 4.57 Å². The highest BCUT2D eigenvalue weighted by Gasteiger charge is 2.05. The summed E-state index contributed by atoms with van der Waals surface area (Å²) < 4.78 is 2.15. The van der Waals surface area contributed by atoms with Gasteiger partial charge in [-0.15, -0.1) is 0 Å². The third-order valence-electron chi connectivity index (χ3n) is 4.62. The Bertz CT molecular complexity index is 406. The lowest BCUT2D eigenvalue weighted by atomic mass is 10.0. The number of aryl methyl sites for hydroxylation is 1. The summed E-state index contributed by atoms with van der Waals surface area (Å²) in [5, 5.41) is 2.44. The van der Waals surface area contributed by atoms with Crippen molar-refractivity contribution in [1.29, 1.82) is 0 Å². The normalized spacial score (nSPS) is 11.1. The lowest BCUT2D eigenvalue weighted by Gasteiger charge is -2.03. The molecule has 0 atom stereocenters. The van der Waals surface area contributed by atoms with Crippen LogP contribution in [0.25, 0.3) is 0 Å². The number of carbonyl (C=O) groups excluding carboxylic acids is 1. The quantitative estimate of drug-likeness (QED) is 0.218. The number of thiazole rings is 1. The van der Waals surface area contributed by atoms with Gasteiger partial charge in [0.05, 0.1) is 11.1 Å². The molecule has 0 aliphatic rings. The number of hydrogen-bond acceptors (Lipinski definition) is 3. The summed E-state index contributed by atoms with van der Waals surface area (Å²) in [5.74, 6) is 0.901. The van der Waals surface area contributed by atoms with Crippen LogP contribution in [0.2, 0.25) is 0 Å². The zero-order valence-corrected chi connectivity index (χ0v) is 17.9. The van der Waals surface area contributed by atoms with Crippen molar-refractivity contribution in [1.82, 2.24) is 0 Å². The molecule has 0 unspecified atom stereocenters. The van der Waals surface area contributed by atoms with Gasteiger partial charge in [-0.1, -0.05) is 107 Å². The average molecular weight is 385 g/mol. The molecule has 0 aliphatic carbocycles. The Hall–Kier alpha value is -0.350. The molecule has 1 aromatic rings. The van der Waals surface area contributed by atoms with Crippen molar-refractivity contribution in [3.05, 3.63) is 17.1 Å². The van der Waals surface area contributed by atoms with Crippen molar-refractivity contribution in [2.75, 3.05) is 5.75 Å². The fraction of sp³-hybridized carbons (Fsp3) is 0.810. The molecule has 1 heterocycles. The van der Waals surface area contributed by atoms with Crippen molar-refractivity contribution < 1.29 is 9.36 Å². The maximum absolute atomic E-state index is 11.8. The Labute approximate surface area is 163 Å². The minimum Gasteiger partial charge on any atom is -0.287 e. The third-order valence-corrected chi connectivity index (χ3v) is 6.21. The van der Waals surface area contributed by atoms with E-state index in [2.05, 4.69) is 28.6 Å². The summed E-state index contributed by atoms with van der Waals surface area (Å²) in [6, 6.07) is 0. The van der Waals surface area contributed by atoms with Crippen LogP contribution in [0.1, 0.15) is 96.8 Å². The zero-order valence-electron chi connectivity index (χ0n) is 16.2. The first-order chi connectivity index (χ1) is 12.3. The van der Waals surface area contributed by atoms with E-state index in [1.807, 2.05) is 0 Å². The number of unbranched alkanes of at least 4 members (excludes halogenated alkanes) is 12. The predicted octanol–water partition coefficient (Wildman–Crippen LogP) is 6.78. The van der Waals surface area contributed by atoms with Crippen LogP contribution in [0, 0.1) is 0 Å². The molecule has 0 radical (unpaired) electrons. The molecule has 0 amide bonds. The van der Waals surface area contributed by atoms with Gasteiger partial charge in [0.15, 0.2) is 17.9 Å². The van der Waals surface area contributed by atoms with Crippen molar-refractivity contribution in [2.24, 2.45) is 0 Å². The number of aromatic nitrogens is 1. The highest BCUT2D eigenvalue weighted by Crippen LogP contribution is 2.14. The average Bonchev–Trinajstić information content (AvgIpc) is 3.12. The molecule has 2 nitrogen and oxygen atoms in total. The zero-order chi connectivity index (χ0) is 18.0. The molecular formula is C21H38NOS2+. The minimum absolute atomic E-state index is 0.374. The maximum Gasteiger partial charge on any atom is 0.224 e. The van der Waals surface area contributed by atoms with Gasteiger partial charge < -0.3 is 0 Å². The van der Waals surface area contributed by atoms with E-state index in [0.717, 1.165) is 25.1 Å². The van der Waals surface area contributed by atoms with Crippen molar-refractivity contribution in [3.63, 3.8) is 0 Å². The summed E-state index contributed by atoms with van der Waals surface area (Å²) in [6.45, 7) is 3.22. The summed E-state index contributed by atoms with van der Waals surface area (Å²) >= 11 is 3.20. The van der Waals surface area contributed by atoms with Crippen LogP contribution in [0.3, 0.4) is 0 Å². The first kappa shape index (κ1) is 22.7. The highest BCUT2D eigenvalue weighted by molar-refractivity contribution is 8.13. The van der Waals surface area contributed by atoms with E-state index in [0.29, 0.717) is 5.12 Å². The molecule has 0 aliphatic heterocycles. The maximum atomic E-state index is 11.8. The molecule has 0 aromatic carbocycles. The number of carbonyl (C=O) groups is 1. The van der Waals surface area contributed by atoms with Gasteiger partial charge in [-0.05, 0) is 6.42 Å². The molecule has 1 aromatic heterocycles. The molecule has 0 N–H and O–H groups in total. The molecule has 0 saturated carbocycles. The Kier molecular flexibility index (Phi) is 15.5. The Morgan fingerprint density at radius 3 is 1.96 bits per heavy atom. The van der Waals surface area contributed by atoms with Crippen LogP contribution in [0.4, 0.5) is 0 Å². The molecule has 1 rings (SSSR count). The van der Waals surface area contributed by atoms with Crippen molar-refractivity contribution >= 4 is 28.2 Å². The van der Waals surface area contributed by atoms with E-state index in [1.54, 1.807) is 11.3 Å². The van der Waals surface area contributed by atoms with Gasteiger partial charge in [0.25, 0.3) is 0 Å². The Morgan fingerprint density at radius 2 is 1.44 bits per heavy atom. The van der Waals surface area contributed by atoms with Crippen molar-refractivity contribution in [2.45, 2.75) is 103 Å². The molecule has 0 fully saturated rings. The van der Waals surface area contributed by atoms with Crippen molar-refractivity contribution in [3.8, 4) is 0 Å². The molecule has 25 heavy (non-hydrogen) atoms. The molecule has 0 saturated heterocycles. The highest BCUT2D eigenvalue weighted by atomic mass is 32.2. The number of thioether (sulfide) groups is 1. The molecular weight excluding hydrogens is 346 g/mol. The van der Waals surface area contributed by atoms with Crippen LogP contribution >= 0.6 is 23.1 Å². The molecule has 4 heteroatoms. The van der Waals surface area contributed by atoms with Gasteiger partial charge in [0.1, 0.15) is 0 Å². The summed E-state index contributed by atoms with van der Waals surface area (Å²) in [5.41, 5.74) is 2.09. The van der Waals surface area contributed by atoms with E-state index in [4.69, 9.17) is 0 Å². The molecule has 144 valence electrons. The lowest BCUT2D eigenvalue weighted by molar-refractivity contribution is -0.687. The van der Waals surface area contributed by atoms with Gasteiger partial charge in [-0.25, -0.2) is 0 Å². The number of nitrogens with zero attached hydrogens (tertiary/aromatic N) is 1. The van der Waals surface area contributed by atoms with Gasteiger partial charge >= 0.3 is 0 Å². The lowest BCUT2D eigenvalue weighted by Crippen LogP contribution is -2.31. The first-order valence-corrected chi connectivity index (χ1v) is 12.3. The van der Waals surface area contributed by atoms with Gasteiger partial charge in [0.2, 0.25) is 5.51 Å². The smallest absolute Gasteiger partial charge is 0.224 e. The number of hydrogen-bond donors (Lipinski definition) is 0. The summed E-state index contributed by atoms with van der Waals surface area (Å²) in [4.78, 5) is 11.8. The van der Waals surface area contributed by atoms with Gasteiger partial charge in [0, 0.05) is 6.42 Å². The third kappa shape index (κ3) is 14.5. The first-order valence-electron chi connectivity index (χ1n) is 10.4. The summed E-state index contributed by atoms with van der Waals surface area (Å²) in [7, 11) is 0. The van der Waals surface area contributed by atoms with Gasteiger partial charge in [-0.2, -0.15) is 4.57 Å². The fourth-order valence-electron chi connectivity index (χ4n) is 3.01. The summed E-state index contributed by atoms with van der Waals surface area (Å²) in [6.07, 6.45) is 20.5. The van der Waals surface area contributed by atoms with Crippen LogP contribution in [0.15, 0.2) is 17.1 Å². The topological polar surface area (TPSA) is 20.9 Å². The fourth-order valence-corrected chi connectivity index (χ4v) is 4.46. The second kappa shape index (κ2) is 17.1. The van der Waals surface area contributed by atoms with Crippen LogP contribution in [-0.4, -0.2) is 10.9 Å². The second-order valence-corrected chi connectivity index (χ2v) is 8.88. The van der Waals surface area contributed by atoms with Crippen LogP contribution in [-0.2, 0) is 11.3 Å². The van der Waals surface area contributed by atoms with Gasteiger partial charge in [-0.3, -0.25) is 4.79 Å². The van der Waals surface area contributed by atoms with E-state index >= 15 is 0 Å². The van der Waals surface area contributed by atoms with Crippen LogP contribution in [0.5, 0.6) is 0 Å². The predicted molar refractivity (Wildman–Crippen MR) is 112 cm³/mol. The van der Waals surface area contributed by atoms with E-state index < -0.39 is 0 Å². The SMILES string of the molecule is CCCCCCCCCCCCCCCC(=O)SCC[n+]1ccsc1. The standard InChI is InChI=1S/C21H38NOS2/c1-2-3-4-5-6-7-8-9-10-11-12-13-14-15-21(23)25-19-17-22-16-18-24-20-22/h16,18,20H,2-15,17,19H2,1H3/q+1. The Balaban J connectivity index is 1.75.